The topological polar surface area (TPSA) is 155 Å². The molecule has 0 amide bonds. The van der Waals surface area contributed by atoms with E-state index in [9.17, 15) is 30.3 Å². The lowest BCUT2D eigenvalue weighted by Crippen LogP contribution is -2.60. The number of aliphatic hydroxyl groups excluding tert-OH is 4. The lowest BCUT2D eigenvalue weighted by atomic mass is 9.85. The SMILES string of the molecule is C[C@]1(O)C[C@@H](OC(=O)/C=C/c2ccccc2)[C@@H]2C=CO[C@@H](O[C@@H]3O[C@H](CO)[C@@H](O)[C@H](O)[C@H]3O)[C@@H]21. The molecule has 4 rings (SSSR count). The monoisotopic (exact) mass is 478 g/mol. The number of carbonyl (C=O) groups is 1. The van der Waals surface area contributed by atoms with E-state index < -0.39 is 73.1 Å². The summed E-state index contributed by atoms with van der Waals surface area (Å²) in [7, 11) is 0. The van der Waals surface area contributed by atoms with Crippen molar-refractivity contribution in [1.82, 2.24) is 0 Å². The number of hydrogen-bond acceptors (Lipinski definition) is 10. The predicted octanol–water partition coefficient (Wildman–Crippen LogP) is -0.315. The van der Waals surface area contributed by atoms with E-state index in [4.69, 9.17) is 18.9 Å². The minimum Gasteiger partial charge on any atom is -0.472 e. The summed E-state index contributed by atoms with van der Waals surface area (Å²) < 4.78 is 22.3. The first-order chi connectivity index (χ1) is 16.2. The summed E-state index contributed by atoms with van der Waals surface area (Å²) in [6.45, 7) is 0.971. The Hall–Kier alpha value is -2.31. The molecule has 1 aliphatic carbocycles. The second kappa shape index (κ2) is 10.1. The molecule has 1 saturated heterocycles. The molecule has 10 nitrogen and oxygen atoms in total. The van der Waals surface area contributed by atoms with Crippen LogP contribution in [-0.4, -0.2) is 86.8 Å². The minimum atomic E-state index is -1.62. The zero-order chi connectivity index (χ0) is 24.5. The van der Waals surface area contributed by atoms with Crippen molar-refractivity contribution in [3.8, 4) is 0 Å². The van der Waals surface area contributed by atoms with Gasteiger partial charge in [-0.3, -0.25) is 0 Å². The molecule has 0 radical (unpaired) electrons. The third kappa shape index (κ3) is 5.03. The summed E-state index contributed by atoms with van der Waals surface area (Å²) in [5.41, 5.74) is -0.517. The number of fused-ring (bicyclic) bond motifs is 1. The van der Waals surface area contributed by atoms with Crippen molar-refractivity contribution < 1.29 is 49.3 Å². The van der Waals surface area contributed by atoms with E-state index in [1.807, 2.05) is 30.3 Å². The fourth-order valence-electron chi connectivity index (χ4n) is 4.81. The molecule has 0 unspecified atom stereocenters. The quantitative estimate of drug-likeness (QED) is 0.271. The molecule has 0 aromatic heterocycles. The number of rotatable bonds is 6. The maximum Gasteiger partial charge on any atom is 0.331 e. The first kappa shape index (κ1) is 24.8. The first-order valence-corrected chi connectivity index (χ1v) is 11.2. The number of ether oxygens (including phenoxy) is 4. The van der Waals surface area contributed by atoms with Gasteiger partial charge in [0, 0.05) is 18.4 Å². The van der Waals surface area contributed by atoms with Crippen LogP contribution in [0.4, 0.5) is 0 Å². The average molecular weight is 478 g/mol. The third-order valence-corrected chi connectivity index (χ3v) is 6.58. The van der Waals surface area contributed by atoms with Gasteiger partial charge in [0.2, 0.25) is 6.29 Å². The highest BCUT2D eigenvalue weighted by Crippen LogP contribution is 2.48. The first-order valence-electron chi connectivity index (χ1n) is 11.2. The fourth-order valence-corrected chi connectivity index (χ4v) is 4.81. The van der Waals surface area contributed by atoms with E-state index in [0.717, 1.165) is 5.56 Å². The molecule has 10 atom stereocenters. The molecule has 2 fully saturated rings. The zero-order valence-corrected chi connectivity index (χ0v) is 18.6. The lowest BCUT2D eigenvalue weighted by molar-refractivity contribution is -0.346. The van der Waals surface area contributed by atoms with Crippen LogP contribution in [-0.2, 0) is 23.7 Å². The van der Waals surface area contributed by atoms with Crippen molar-refractivity contribution in [3.05, 3.63) is 54.3 Å². The Kier molecular flexibility index (Phi) is 7.39. The molecule has 186 valence electrons. The normalized spacial score (nSPS) is 41.8. The van der Waals surface area contributed by atoms with Gasteiger partial charge in [0.25, 0.3) is 0 Å². The molecule has 1 aromatic carbocycles. The second-order valence-corrected chi connectivity index (χ2v) is 9.05. The summed E-state index contributed by atoms with van der Waals surface area (Å²) in [6.07, 6.45) is -2.99. The highest BCUT2D eigenvalue weighted by molar-refractivity contribution is 5.87. The van der Waals surface area contributed by atoms with Crippen LogP contribution in [0.5, 0.6) is 0 Å². The summed E-state index contributed by atoms with van der Waals surface area (Å²) in [4.78, 5) is 12.4. The second-order valence-electron chi connectivity index (χ2n) is 9.05. The van der Waals surface area contributed by atoms with Gasteiger partial charge in [-0.05, 0) is 24.6 Å². The minimum absolute atomic E-state index is 0.121. The number of aliphatic hydroxyl groups is 5. The molecule has 3 aliphatic rings. The van der Waals surface area contributed by atoms with Gasteiger partial charge in [-0.25, -0.2) is 4.79 Å². The molecule has 2 heterocycles. The highest BCUT2D eigenvalue weighted by atomic mass is 16.8. The summed E-state index contributed by atoms with van der Waals surface area (Å²) in [6, 6.07) is 9.28. The van der Waals surface area contributed by atoms with Gasteiger partial charge in [0.1, 0.15) is 30.5 Å². The number of benzene rings is 1. The predicted molar refractivity (Wildman–Crippen MR) is 116 cm³/mol. The molecule has 0 spiro atoms. The van der Waals surface area contributed by atoms with Crippen LogP contribution in [0, 0.1) is 11.8 Å². The number of carbonyl (C=O) groups excluding carboxylic acids is 1. The smallest absolute Gasteiger partial charge is 0.331 e. The van der Waals surface area contributed by atoms with Crippen LogP contribution in [0.15, 0.2) is 48.7 Å². The van der Waals surface area contributed by atoms with Crippen LogP contribution >= 0.6 is 0 Å². The van der Waals surface area contributed by atoms with Crippen LogP contribution in [0.3, 0.4) is 0 Å². The summed E-state index contributed by atoms with van der Waals surface area (Å²) in [5, 5.41) is 50.8. The molecule has 34 heavy (non-hydrogen) atoms. The van der Waals surface area contributed by atoms with Gasteiger partial charge >= 0.3 is 5.97 Å². The van der Waals surface area contributed by atoms with Crippen molar-refractivity contribution in [2.75, 3.05) is 6.61 Å². The van der Waals surface area contributed by atoms with Gasteiger partial charge in [-0.15, -0.1) is 0 Å². The third-order valence-electron chi connectivity index (χ3n) is 6.58. The molecule has 0 bridgehead atoms. The van der Waals surface area contributed by atoms with Crippen LogP contribution in [0.1, 0.15) is 18.9 Å². The van der Waals surface area contributed by atoms with Crippen LogP contribution < -0.4 is 0 Å². The van der Waals surface area contributed by atoms with E-state index in [-0.39, 0.29) is 6.42 Å². The molecular formula is C24H30O10. The standard InChI is InChI=1S/C24H30O10/c1-24(30)11-15(32-17(26)8-7-13-5-3-2-4-6-13)14-9-10-31-22(18(14)24)34-23-21(29)20(28)19(27)16(12-25)33-23/h2-10,14-16,18-23,25,27-30H,11-12H2,1H3/b8-7+/t14-,15+,16+,18+,19+,20-,21+,22-,23-,24-/m0/s1. The van der Waals surface area contributed by atoms with E-state index >= 15 is 0 Å². The van der Waals surface area contributed by atoms with Gasteiger partial charge < -0.3 is 44.5 Å². The van der Waals surface area contributed by atoms with E-state index in [1.165, 1.54) is 12.3 Å². The van der Waals surface area contributed by atoms with Crippen molar-refractivity contribution in [1.29, 1.82) is 0 Å². The lowest BCUT2D eigenvalue weighted by Gasteiger charge is -2.43. The highest BCUT2D eigenvalue weighted by Gasteiger charge is 2.57. The van der Waals surface area contributed by atoms with Crippen molar-refractivity contribution in [3.63, 3.8) is 0 Å². The summed E-state index contributed by atoms with van der Waals surface area (Å²) >= 11 is 0. The van der Waals surface area contributed by atoms with Crippen LogP contribution in [0.25, 0.3) is 6.08 Å². The molecule has 2 aliphatic heterocycles. The number of hydrogen-bond donors (Lipinski definition) is 5. The molecule has 5 N–H and O–H groups in total. The van der Waals surface area contributed by atoms with Crippen molar-refractivity contribution in [2.45, 2.75) is 62.0 Å². The Morgan fingerprint density at radius 3 is 2.59 bits per heavy atom. The Labute approximate surface area is 196 Å². The maximum atomic E-state index is 12.4. The Morgan fingerprint density at radius 1 is 1.15 bits per heavy atom. The number of esters is 1. The average Bonchev–Trinajstić information content (AvgIpc) is 3.09. The largest absolute Gasteiger partial charge is 0.472 e. The Balaban J connectivity index is 1.45. The fraction of sp³-hybridized carbons (Fsp3) is 0.542. The van der Waals surface area contributed by atoms with Gasteiger partial charge in [-0.1, -0.05) is 30.3 Å². The molecule has 10 heteroatoms. The van der Waals surface area contributed by atoms with Gasteiger partial charge in [0.05, 0.1) is 24.4 Å². The van der Waals surface area contributed by atoms with E-state index in [0.29, 0.717) is 0 Å². The maximum absolute atomic E-state index is 12.4. The Morgan fingerprint density at radius 2 is 1.88 bits per heavy atom. The zero-order valence-electron chi connectivity index (χ0n) is 18.6. The van der Waals surface area contributed by atoms with Crippen molar-refractivity contribution >= 4 is 12.0 Å². The van der Waals surface area contributed by atoms with E-state index in [2.05, 4.69) is 0 Å². The van der Waals surface area contributed by atoms with Gasteiger partial charge in [-0.2, -0.15) is 0 Å². The molecule has 1 aromatic rings. The van der Waals surface area contributed by atoms with E-state index in [1.54, 1.807) is 19.1 Å². The molecular weight excluding hydrogens is 448 g/mol. The van der Waals surface area contributed by atoms with Crippen LogP contribution in [0.2, 0.25) is 0 Å². The van der Waals surface area contributed by atoms with Crippen molar-refractivity contribution in [2.24, 2.45) is 11.8 Å². The van der Waals surface area contributed by atoms with Gasteiger partial charge in [0.15, 0.2) is 6.29 Å². The Bertz CT molecular complexity index is 898. The molecule has 1 saturated carbocycles. The summed E-state index contributed by atoms with van der Waals surface area (Å²) in [5.74, 6) is -1.70.